The highest BCUT2D eigenvalue weighted by molar-refractivity contribution is 6.31. The Balaban J connectivity index is 2.48. The monoisotopic (exact) mass is 302 g/mol. The molecule has 0 aliphatic carbocycles. The first-order valence-corrected chi connectivity index (χ1v) is 6.61. The average Bonchev–Trinajstić information content (AvgIpc) is 2.40. The van der Waals surface area contributed by atoms with Crippen LogP contribution in [0.3, 0.4) is 0 Å². The molecule has 0 spiro atoms. The fourth-order valence-electron chi connectivity index (χ4n) is 1.41. The minimum absolute atomic E-state index is 0.0292. The van der Waals surface area contributed by atoms with Crippen molar-refractivity contribution in [3.8, 4) is 5.88 Å². The lowest BCUT2D eigenvalue weighted by atomic mass is 10.1. The van der Waals surface area contributed by atoms with Crippen LogP contribution >= 0.6 is 11.6 Å². The minimum atomic E-state index is -0.723. The summed E-state index contributed by atoms with van der Waals surface area (Å²) in [6.45, 7) is 2.37. The molecular formula is C11H19ClN6O2. The Morgan fingerprint density at radius 3 is 2.75 bits per heavy atom. The van der Waals surface area contributed by atoms with E-state index in [9.17, 15) is 4.79 Å². The molecule has 1 heterocycles. The van der Waals surface area contributed by atoms with Gasteiger partial charge in [-0.05, 0) is 6.42 Å². The Bertz CT molecular complexity index is 470. The molecule has 0 saturated carbocycles. The van der Waals surface area contributed by atoms with Gasteiger partial charge in [0.05, 0.1) is 0 Å². The van der Waals surface area contributed by atoms with Crippen LogP contribution in [0.15, 0.2) is 0 Å². The topological polar surface area (TPSA) is 142 Å². The van der Waals surface area contributed by atoms with Gasteiger partial charge in [-0.1, -0.05) is 31.4 Å². The number of unbranched alkanes of at least 4 members (excludes halogenated alkanes) is 1. The first-order valence-electron chi connectivity index (χ1n) is 6.23. The predicted octanol–water partition coefficient (Wildman–Crippen LogP) is 0.900. The lowest BCUT2D eigenvalue weighted by Gasteiger charge is -2.12. The van der Waals surface area contributed by atoms with Gasteiger partial charge in [0.25, 0.3) is 5.88 Å². The number of hydrogen-bond donors (Lipinski definition) is 4. The number of carbonyl (C=O) groups excluding carboxylic acids is 1. The smallest absolute Gasteiger partial charge is 0.387 e. The van der Waals surface area contributed by atoms with Crippen molar-refractivity contribution in [3.05, 3.63) is 5.15 Å². The number of nitrogens with two attached hydrogens (primary N) is 3. The number of anilines is 2. The second kappa shape index (κ2) is 7.71. The standard InChI is InChI=1S/C11H19ClN6O2/c1-2-3-4-6(13)5-16-11(19)20-10-9(15)18-8(14)7(12)17-10/h6H,2-5,13H2,1H3,(H,16,19)(H4,14,15,18)/t6-/m0/s1. The molecule has 7 N–H and O–H groups in total. The summed E-state index contributed by atoms with van der Waals surface area (Å²) in [5.74, 6) is -0.334. The van der Waals surface area contributed by atoms with Crippen LogP contribution < -0.4 is 27.3 Å². The highest BCUT2D eigenvalue weighted by Gasteiger charge is 2.14. The molecule has 0 aliphatic heterocycles. The third-order valence-corrected chi connectivity index (χ3v) is 2.78. The second-order valence-electron chi connectivity index (χ2n) is 4.26. The fourth-order valence-corrected chi connectivity index (χ4v) is 1.53. The van der Waals surface area contributed by atoms with Gasteiger partial charge in [0.1, 0.15) is 0 Å². The lowest BCUT2D eigenvalue weighted by molar-refractivity contribution is 0.198. The summed E-state index contributed by atoms with van der Waals surface area (Å²) in [4.78, 5) is 19.0. The maximum Gasteiger partial charge on any atom is 0.414 e. The molecule has 0 bridgehead atoms. The van der Waals surface area contributed by atoms with E-state index in [1.54, 1.807) is 0 Å². The zero-order valence-corrected chi connectivity index (χ0v) is 12.0. The van der Waals surface area contributed by atoms with Crippen molar-refractivity contribution < 1.29 is 9.53 Å². The SMILES string of the molecule is CCCC[C@H](N)CNC(=O)Oc1nc(Cl)c(N)nc1N. The number of nitrogens with zero attached hydrogens (tertiary/aromatic N) is 2. The van der Waals surface area contributed by atoms with E-state index in [0.29, 0.717) is 6.54 Å². The zero-order chi connectivity index (χ0) is 15.1. The van der Waals surface area contributed by atoms with Crippen molar-refractivity contribution in [3.63, 3.8) is 0 Å². The maximum absolute atomic E-state index is 11.6. The van der Waals surface area contributed by atoms with Crippen molar-refractivity contribution in [1.82, 2.24) is 15.3 Å². The Morgan fingerprint density at radius 1 is 1.40 bits per heavy atom. The summed E-state index contributed by atoms with van der Waals surface area (Å²) in [6, 6.07) is -0.124. The Kier molecular flexibility index (Phi) is 6.26. The molecule has 0 fully saturated rings. The van der Waals surface area contributed by atoms with Gasteiger partial charge in [0, 0.05) is 12.6 Å². The molecule has 1 amide bonds. The largest absolute Gasteiger partial charge is 0.414 e. The summed E-state index contributed by atoms with van der Waals surface area (Å²) in [5.41, 5.74) is 16.7. The molecule has 0 saturated heterocycles. The Hall–Kier alpha value is -1.80. The van der Waals surface area contributed by atoms with Gasteiger partial charge in [0.2, 0.25) is 0 Å². The number of amides is 1. The van der Waals surface area contributed by atoms with E-state index in [4.69, 9.17) is 33.5 Å². The number of hydrogen-bond acceptors (Lipinski definition) is 7. The van der Waals surface area contributed by atoms with E-state index < -0.39 is 6.09 Å². The van der Waals surface area contributed by atoms with Gasteiger partial charge in [-0.2, -0.15) is 4.98 Å². The summed E-state index contributed by atoms with van der Waals surface area (Å²) in [7, 11) is 0. The Labute approximate surface area is 122 Å². The molecule has 1 atom stereocenters. The van der Waals surface area contributed by atoms with E-state index in [-0.39, 0.29) is 28.7 Å². The molecule has 0 unspecified atom stereocenters. The molecule has 1 rings (SSSR count). The van der Waals surface area contributed by atoms with Gasteiger partial charge < -0.3 is 27.3 Å². The molecule has 0 aliphatic rings. The van der Waals surface area contributed by atoms with E-state index in [1.807, 2.05) is 0 Å². The highest BCUT2D eigenvalue weighted by Crippen LogP contribution is 2.22. The molecule has 0 aromatic carbocycles. The molecule has 112 valence electrons. The number of halogens is 1. The van der Waals surface area contributed by atoms with Crippen molar-refractivity contribution in [1.29, 1.82) is 0 Å². The van der Waals surface area contributed by atoms with Crippen LogP contribution in [0.25, 0.3) is 0 Å². The maximum atomic E-state index is 11.6. The average molecular weight is 303 g/mol. The van der Waals surface area contributed by atoms with E-state index in [0.717, 1.165) is 19.3 Å². The number of ether oxygens (including phenoxy) is 1. The first kappa shape index (κ1) is 16.3. The van der Waals surface area contributed by atoms with Gasteiger partial charge in [-0.25, -0.2) is 9.78 Å². The van der Waals surface area contributed by atoms with Gasteiger partial charge >= 0.3 is 6.09 Å². The van der Waals surface area contributed by atoms with Crippen molar-refractivity contribution in [2.45, 2.75) is 32.2 Å². The third kappa shape index (κ3) is 5.06. The molecule has 8 nitrogen and oxygen atoms in total. The van der Waals surface area contributed by atoms with Crippen LogP contribution in [0.2, 0.25) is 5.15 Å². The van der Waals surface area contributed by atoms with Gasteiger partial charge in [-0.3, -0.25) is 0 Å². The predicted molar refractivity (Wildman–Crippen MR) is 77.4 cm³/mol. The van der Waals surface area contributed by atoms with Crippen LogP contribution in [0.5, 0.6) is 5.88 Å². The number of rotatable bonds is 6. The molecule has 0 radical (unpaired) electrons. The molecule has 1 aromatic rings. The van der Waals surface area contributed by atoms with Crippen LogP contribution in [0, 0.1) is 0 Å². The molecule has 20 heavy (non-hydrogen) atoms. The summed E-state index contributed by atoms with van der Waals surface area (Å²) < 4.78 is 4.89. The quantitative estimate of drug-likeness (QED) is 0.611. The normalized spacial score (nSPS) is 11.9. The summed E-state index contributed by atoms with van der Waals surface area (Å²) in [6.07, 6.45) is 2.16. The van der Waals surface area contributed by atoms with Crippen molar-refractivity contribution in [2.75, 3.05) is 18.0 Å². The van der Waals surface area contributed by atoms with Gasteiger partial charge in [0.15, 0.2) is 16.8 Å². The van der Waals surface area contributed by atoms with E-state index in [2.05, 4.69) is 22.2 Å². The third-order valence-electron chi connectivity index (χ3n) is 2.50. The number of nitrogen functional groups attached to an aromatic ring is 2. The zero-order valence-electron chi connectivity index (χ0n) is 11.2. The van der Waals surface area contributed by atoms with Crippen molar-refractivity contribution in [2.24, 2.45) is 5.73 Å². The van der Waals surface area contributed by atoms with Crippen molar-refractivity contribution >= 4 is 29.3 Å². The van der Waals surface area contributed by atoms with Crippen LogP contribution in [-0.4, -0.2) is 28.6 Å². The molecule has 1 aromatic heterocycles. The fraction of sp³-hybridized carbons (Fsp3) is 0.545. The lowest BCUT2D eigenvalue weighted by Crippen LogP contribution is -2.38. The number of nitrogens with one attached hydrogen (secondary N) is 1. The van der Waals surface area contributed by atoms with E-state index >= 15 is 0 Å². The number of carbonyl (C=O) groups is 1. The summed E-state index contributed by atoms with van der Waals surface area (Å²) in [5, 5.41) is 2.44. The van der Waals surface area contributed by atoms with Crippen LogP contribution in [0.4, 0.5) is 16.4 Å². The Morgan fingerprint density at radius 2 is 2.10 bits per heavy atom. The molecular weight excluding hydrogens is 284 g/mol. The van der Waals surface area contributed by atoms with E-state index in [1.165, 1.54) is 0 Å². The minimum Gasteiger partial charge on any atom is -0.387 e. The number of aromatic nitrogens is 2. The van der Waals surface area contributed by atoms with Crippen LogP contribution in [0.1, 0.15) is 26.2 Å². The first-order chi connectivity index (χ1) is 9.43. The second-order valence-corrected chi connectivity index (χ2v) is 4.62. The van der Waals surface area contributed by atoms with Gasteiger partial charge in [-0.15, -0.1) is 0 Å². The summed E-state index contributed by atoms with van der Waals surface area (Å²) >= 11 is 5.67. The van der Waals surface area contributed by atoms with Crippen LogP contribution in [-0.2, 0) is 0 Å². The molecule has 9 heteroatoms. The highest BCUT2D eigenvalue weighted by atomic mass is 35.5.